The van der Waals surface area contributed by atoms with Crippen molar-refractivity contribution < 1.29 is 23.8 Å². The summed E-state index contributed by atoms with van der Waals surface area (Å²) in [5.74, 6) is -2.59. The number of aromatic nitrogens is 2. The van der Waals surface area contributed by atoms with Gasteiger partial charge in [0.1, 0.15) is 11.6 Å². The number of aliphatic hydroxyl groups excluding tert-OH is 1. The van der Waals surface area contributed by atoms with E-state index in [-0.39, 0.29) is 34.5 Å². The Bertz CT molecular complexity index is 1200. The number of halogens is 2. The number of rotatable bonds is 4. The van der Waals surface area contributed by atoms with Crippen LogP contribution in [0.25, 0.3) is 11.3 Å². The molecule has 0 aliphatic heterocycles. The fourth-order valence-corrected chi connectivity index (χ4v) is 4.43. The van der Waals surface area contributed by atoms with E-state index in [1.807, 2.05) is 6.92 Å². The van der Waals surface area contributed by atoms with Gasteiger partial charge < -0.3 is 21.3 Å². The van der Waals surface area contributed by atoms with Crippen LogP contribution in [0.3, 0.4) is 0 Å². The minimum Gasteiger partial charge on any atom is -0.397 e. The first-order valence-corrected chi connectivity index (χ1v) is 11.0. The summed E-state index contributed by atoms with van der Waals surface area (Å²) < 4.78 is 28.5. The van der Waals surface area contributed by atoms with Crippen LogP contribution >= 0.6 is 0 Å². The van der Waals surface area contributed by atoms with E-state index in [2.05, 4.69) is 15.3 Å². The predicted octanol–water partition coefficient (Wildman–Crippen LogP) is 3.88. The summed E-state index contributed by atoms with van der Waals surface area (Å²) >= 11 is 0. The van der Waals surface area contributed by atoms with Gasteiger partial charge in [-0.2, -0.15) is 0 Å². The number of amides is 1. The van der Waals surface area contributed by atoms with E-state index < -0.39 is 29.2 Å². The van der Waals surface area contributed by atoms with Crippen molar-refractivity contribution in [3.8, 4) is 11.3 Å². The number of benzene rings is 1. The molecule has 1 fully saturated rings. The third kappa shape index (κ3) is 4.36. The smallest absolute Gasteiger partial charge is 0.276 e. The lowest BCUT2D eigenvalue weighted by Crippen LogP contribution is -2.49. The Morgan fingerprint density at radius 3 is 2.56 bits per heavy atom. The van der Waals surface area contributed by atoms with Crippen molar-refractivity contribution in [2.45, 2.75) is 44.3 Å². The lowest BCUT2D eigenvalue weighted by atomic mass is 9.69. The van der Waals surface area contributed by atoms with Gasteiger partial charge >= 0.3 is 0 Å². The second-order valence-electron chi connectivity index (χ2n) is 8.96. The van der Waals surface area contributed by atoms with Crippen molar-refractivity contribution in [1.29, 1.82) is 0 Å². The number of pyridine rings is 2. The molecule has 5 N–H and O–H groups in total. The number of nitrogens with two attached hydrogens (primary N) is 1. The van der Waals surface area contributed by atoms with Gasteiger partial charge in [-0.3, -0.25) is 9.78 Å². The number of carbonyl (C=O) groups is 1. The molecule has 0 bridgehead atoms. The molecule has 1 aliphatic rings. The third-order valence-corrected chi connectivity index (χ3v) is 6.72. The summed E-state index contributed by atoms with van der Waals surface area (Å²) in [6.45, 7) is 3.49. The van der Waals surface area contributed by atoms with Crippen LogP contribution in [-0.2, 0) is 0 Å². The number of nitrogens with zero attached hydrogens (tertiary/aromatic N) is 2. The molecule has 1 amide bonds. The van der Waals surface area contributed by atoms with Crippen molar-refractivity contribution in [1.82, 2.24) is 9.97 Å². The molecule has 7 nitrogen and oxygen atoms in total. The van der Waals surface area contributed by atoms with E-state index in [0.717, 1.165) is 17.7 Å². The molecule has 1 aliphatic carbocycles. The number of hydrogen-bond donors (Lipinski definition) is 4. The second kappa shape index (κ2) is 9.08. The lowest BCUT2D eigenvalue weighted by molar-refractivity contribution is -0.123. The molecule has 4 rings (SSSR count). The highest BCUT2D eigenvalue weighted by Gasteiger charge is 2.43. The first-order valence-electron chi connectivity index (χ1n) is 11.0. The Morgan fingerprint density at radius 2 is 1.88 bits per heavy atom. The molecule has 1 saturated carbocycles. The average Bonchev–Trinajstić information content (AvgIpc) is 2.78. The van der Waals surface area contributed by atoms with Gasteiger partial charge in [0.25, 0.3) is 5.91 Å². The summed E-state index contributed by atoms with van der Waals surface area (Å²) in [4.78, 5) is 21.3. The molecule has 4 atom stereocenters. The molecular weight excluding hydrogens is 442 g/mol. The summed E-state index contributed by atoms with van der Waals surface area (Å²) in [5.41, 5.74) is 5.36. The molecule has 2 heterocycles. The van der Waals surface area contributed by atoms with Gasteiger partial charge in [-0.25, -0.2) is 13.8 Å². The van der Waals surface area contributed by atoms with Gasteiger partial charge in [0, 0.05) is 6.20 Å². The van der Waals surface area contributed by atoms with Crippen LogP contribution in [0.15, 0.2) is 48.8 Å². The lowest BCUT2D eigenvalue weighted by Gasteiger charge is -2.43. The Kier molecular flexibility index (Phi) is 6.33. The Hall–Kier alpha value is -3.43. The summed E-state index contributed by atoms with van der Waals surface area (Å²) in [6, 6.07) is 7.92. The van der Waals surface area contributed by atoms with Gasteiger partial charge in [0.2, 0.25) is 0 Å². The van der Waals surface area contributed by atoms with Crippen LogP contribution in [0, 0.1) is 17.6 Å². The Labute approximate surface area is 195 Å². The van der Waals surface area contributed by atoms with Gasteiger partial charge in [0.05, 0.1) is 40.5 Å². The van der Waals surface area contributed by atoms with E-state index in [9.17, 15) is 23.8 Å². The van der Waals surface area contributed by atoms with Crippen LogP contribution in [-0.4, -0.2) is 37.8 Å². The van der Waals surface area contributed by atoms with Crippen LogP contribution < -0.4 is 11.1 Å². The predicted molar refractivity (Wildman–Crippen MR) is 124 cm³/mol. The highest BCUT2D eigenvalue weighted by atomic mass is 19.1. The van der Waals surface area contributed by atoms with E-state index in [1.165, 1.54) is 24.4 Å². The summed E-state index contributed by atoms with van der Waals surface area (Å²) in [5, 5.41) is 23.7. The molecule has 9 heteroatoms. The zero-order valence-electron chi connectivity index (χ0n) is 18.8. The topological polar surface area (TPSA) is 121 Å². The Morgan fingerprint density at radius 1 is 1.18 bits per heavy atom. The molecular formula is C25H26F2N4O3. The third-order valence-electron chi connectivity index (χ3n) is 6.72. The molecule has 0 saturated heterocycles. The SMILES string of the molecule is C[C@H]1C[C@@H](c2ccncc2NC(=O)c2nc(-c3c(F)cccc3F)ccc2N)C[C@@H](O)[C@]1(C)O. The molecule has 34 heavy (non-hydrogen) atoms. The van der Waals surface area contributed by atoms with Crippen molar-refractivity contribution >= 4 is 17.3 Å². The van der Waals surface area contributed by atoms with Crippen LogP contribution in [0.2, 0.25) is 0 Å². The maximum Gasteiger partial charge on any atom is 0.276 e. The quantitative estimate of drug-likeness (QED) is 0.461. The van der Waals surface area contributed by atoms with Crippen molar-refractivity contribution in [2.24, 2.45) is 5.92 Å². The molecule has 0 unspecified atom stereocenters. The minimum absolute atomic E-state index is 0.0428. The fraction of sp³-hybridized carbons (Fsp3) is 0.320. The van der Waals surface area contributed by atoms with Gasteiger partial charge in [-0.05, 0) is 67.5 Å². The normalized spacial score (nSPS) is 24.6. The zero-order valence-corrected chi connectivity index (χ0v) is 18.8. The molecule has 3 aromatic rings. The number of aliphatic hydroxyl groups is 2. The van der Waals surface area contributed by atoms with Gasteiger partial charge in [-0.1, -0.05) is 13.0 Å². The van der Waals surface area contributed by atoms with Crippen LogP contribution in [0.4, 0.5) is 20.2 Å². The molecule has 0 spiro atoms. The maximum atomic E-state index is 14.2. The second-order valence-corrected chi connectivity index (χ2v) is 8.96. The van der Waals surface area contributed by atoms with E-state index in [4.69, 9.17) is 5.73 Å². The van der Waals surface area contributed by atoms with Crippen LogP contribution in [0.5, 0.6) is 0 Å². The van der Waals surface area contributed by atoms with Gasteiger partial charge in [-0.15, -0.1) is 0 Å². The maximum absolute atomic E-state index is 14.2. The van der Waals surface area contributed by atoms with E-state index in [0.29, 0.717) is 18.5 Å². The van der Waals surface area contributed by atoms with E-state index >= 15 is 0 Å². The van der Waals surface area contributed by atoms with E-state index in [1.54, 1.807) is 19.2 Å². The zero-order chi connectivity index (χ0) is 24.6. The number of carbonyl (C=O) groups excluding carboxylic acids is 1. The Balaban J connectivity index is 1.64. The van der Waals surface area contributed by atoms with Crippen molar-refractivity contribution in [3.05, 3.63) is 71.7 Å². The first-order chi connectivity index (χ1) is 16.1. The monoisotopic (exact) mass is 468 g/mol. The van der Waals surface area contributed by atoms with Crippen molar-refractivity contribution in [2.75, 3.05) is 11.1 Å². The molecule has 1 aromatic carbocycles. The standard InChI is InChI=1S/C25H26F2N4O3/c1-13-10-14(11-21(32)25(13,2)34)15-8-9-29-12-20(15)31-24(33)23-18(28)6-7-19(30-23)22-16(26)4-3-5-17(22)27/h3-9,12-14,21,32,34H,10-11,28H2,1-2H3,(H,31,33)/t13-,14+,21+,25+/m0/s1. The number of nitrogen functional groups attached to an aromatic ring is 1. The molecule has 2 aromatic heterocycles. The number of hydrogen-bond acceptors (Lipinski definition) is 6. The van der Waals surface area contributed by atoms with Crippen LogP contribution in [0.1, 0.15) is 48.7 Å². The summed E-state index contributed by atoms with van der Waals surface area (Å²) in [7, 11) is 0. The fourth-order valence-electron chi connectivity index (χ4n) is 4.43. The number of nitrogens with one attached hydrogen (secondary N) is 1. The number of anilines is 2. The average molecular weight is 469 g/mol. The molecule has 0 radical (unpaired) electrons. The molecule has 178 valence electrons. The van der Waals surface area contributed by atoms with Crippen molar-refractivity contribution in [3.63, 3.8) is 0 Å². The summed E-state index contributed by atoms with van der Waals surface area (Å²) in [6.07, 6.45) is 3.05. The minimum atomic E-state index is -1.20. The van der Waals surface area contributed by atoms with Gasteiger partial charge in [0.15, 0.2) is 5.69 Å². The highest BCUT2D eigenvalue weighted by molar-refractivity contribution is 6.06. The highest BCUT2D eigenvalue weighted by Crippen LogP contribution is 2.43. The largest absolute Gasteiger partial charge is 0.397 e. The first kappa shape index (κ1) is 23.7.